The van der Waals surface area contributed by atoms with E-state index in [0.717, 1.165) is 0 Å². The van der Waals surface area contributed by atoms with Gasteiger partial charge in [-0.15, -0.1) is 0 Å². The molecule has 0 aromatic heterocycles. The first-order chi connectivity index (χ1) is 1.41. The van der Waals surface area contributed by atoms with E-state index < -0.39 is 8.69 Å². The Morgan fingerprint density at radius 3 is 1.75 bits per heavy atom. The molecule has 0 aromatic carbocycles. The third kappa shape index (κ3) is 17.2. The van der Waals surface area contributed by atoms with Gasteiger partial charge in [0.25, 0.3) is 0 Å². The standard InChI is InChI=1S/HO2P.V/c1-3-2;/h3H;/p+1. The Kier molecular flexibility index (Phi) is 20.8. The third-order valence-electron chi connectivity index (χ3n) is 0. The largest absolute Gasteiger partial charge is 0.491 e. The number of hydrogen-bond donors (Lipinski definition) is 1. The molecule has 4 heavy (non-hydrogen) atoms. The molecule has 1 atom stereocenters. The molecule has 0 spiro atoms. The van der Waals surface area contributed by atoms with Crippen LogP contribution in [0.1, 0.15) is 0 Å². The van der Waals surface area contributed by atoms with Crippen LogP contribution in [0, 0.1) is 0 Å². The third-order valence-corrected chi connectivity index (χ3v) is 0. The average Bonchev–Trinajstić information content (AvgIpc) is 0.918. The molecule has 0 fully saturated rings. The van der Waals surface area contributed by atoms with Crippen molar-refractivity contribution < 1.29 is 28.0 Å². The molecular formula is H2O2PV+. The van der Waals surface area contributed by atoms with Crippen LogP contribution in [0.15, 0.2) is 0 Å². The summed E-state index contributed by atoms with van der Waals surface area (Å²) in [6.07, 6.45) is 0. The maximum atomic E-state index is 8.51. The molecule has 0 rings (SSSR count). The summed E-state index contributed by atoms with van der Waals surface area (Å²) in [5.74, 6) is 0. The van der Waals surface area contributed by atoms with E-state index in [-0.39, 0.29) is 18.6 Å². The van der Waals surface area contributed by atoms with E-state index in [1.165, 1.54) is 0 Å². The first-order valence-corrected chi connectivity index (χ1v) is 1.28. The first kappa shape index (κ1) is 8.82. The molecule has 0 bridgehead atoms. The maximum absolute atomic E-state index is 8.51. The fourth-order valence-corrected chi connectivity index (χ4v) is 0. The van der Waals surface area contributed by atoms with Crippen LogP contribution < -0.4 is 0 Å². The van der Waals surface area contributed by atoms with Crippen molar-refractivity contribution in [2.24, 2.45) is 0 Å². The SMILES string of the molecule is O=[PH+]O.[V]. The van der Waals surface area contributed by atoms with Crippen molar-refractivity contribution in [2.45, 2.75) is 0 Å². The molecule has 0 aromatic rings. The van der Waals surface area contributed by atoms with Gasteiger partial charge in [0.15, 0.2) is 0 Å². The molecular weight excluding hydrogens is 114 g/mol. The van der Waals surface area contributed by atoms with Crippen LogP contribution in [0.4, 0.5) is 0 Å². The van der Waals surface area contributed by atoms with E-state index in [1.54, 1.807) is 0 Å². The summed E-state index contributed by atoms with van der Waals surface area (Å²) in [5.41, 5.74) is 0. The predicted molar refractivity (Wildman–Crippen MR) is 11.2 cm³/mol. The zero-order valence-corrected chi connectivity index (χ0v) is 4.20. The molecule has 0 amide bonds. The van der Waals surface area contributed by atoms with Crippen LogP contribution in [0.25, 0.3) is 0 Å². The van der Waals surface area contributed by atoms with Gasteiger partial charge in [-0.1, -0.05) is 0 Å². The van der Waals surface area contributed by atoms with Gasteiger partial charge in [-0.25, -0.2) is 0 Å². The van der Waals surface area contributed by atoms with Gasteiger partial charge in [0.05, 0.1) is 0 Å². The van der Waals surface area contributed by atoms with Crippen molar-refractivity contribution in [3.63, 3.8) is 0 Å². The van der Waals surface area contributed by atoms with Crippen molar-refractivity contribution in [3.8, 4) is 0 Å². The smallest absolute Gasteiger partial charge is 0.162 e. The van der Waals surface area contributed by atoms with Crippen LogP contribution in [0.2, 0.25) is 0 Å². The van der Waals surface area contributed by atoms with E-state index in [1.807, 2.05) is 0 Å². The number of rotatable bonds is 0. The molecule has 0 aliphatic rings. The Balaban J connectivity index is 0. The van der Waals surface area contributed by atoms with E-state index in [9.17, 15) is 0 Å². The molecule has 0 saturated carbocycles. The van der Waals surface area contributed by atoms with Crippen LogP contribution in [0.5, 0.6) is 0 Å². The van der Waals surface area contributed by atoms with Gasteiger partial charge < -0.3 is 0 Å². The van der Waals surface area contributed by atoms with Gasteiger partial charge in [0.1, 0.15) is 0 Å². The van der Waals surface area contributed by atoms with Crippen LogP contribution in [-0.4, -0.2) is 4.89 Å². The topological polar surface area (TPSA) is 37.3 Å². The Morgan fingerprint density at radius 1 is 1.75 bits per heavy atom. The first-order valence-electron chi connectivity index (χ1n) is 0.428. The van der Waals surface area contributed by atoms with Crippen LogP contribution >= 0.6 is 8.69 Å². The van der Waals surface area contributed by atoms with E-state index in [2.05, 4.69) is 0 Å². The Labute approximate surface area is 37.4 Å². The molecule has 0 heterocycles. The predicted octanol–water partition coefficient (Wildman–Crippen LogP) is -0.0848. The molecule has 1 radical (unpaired) electrons. The van der Waals surface area contributed by atoms with Crippen molar-refractivity contribution in [3.05, 3.63) is 0 Å². The second kappa shape index (κ2) is 9.42. The van der Waals surface area contributed by atoms with E-state index in [0.29, 0.717) is 0 Å². The molecule has 0 aliphatic carbocycles. The summed E-state index contributed by atoms with van der Waals surface area (Å²) in [4.78, 5) is 7.04. The van der Waals surface area contributed by atoms with Gasteiger partial charge in [0, 0.05) is 18.6 Å². The van der Waals surface area contributed by atoms with Crippen molar-refractivity contribution >= 4 is 8.69 Å². The van der Waals surface area contributed by atoms with Crippen molar-refractivity contribution in [2.75, 3.05) is 0 Å². The van der Waals surface area contributed by atoms with Crippen LogP contribution in [0.3, 0.4) is 0 Å². The van der Waals surface area contributed by atoms with E-state index in [4.69, 9.17) is 9.46 Å². The Hall–Kier alpha value is 0.644. The minimum Gasteiger partial charge on any atom is -0.162 e. The summed E-state index contributed by atoms with van der Waals surface area (Å²) in [6, 6.07) is 0. The summed E-state index contributed by atoms with van der Waals surface area (Å²) in [7, 11) is -1.17. The van der Waals surface area contributed by atoms with Crippen molar-refractivity contribution in [1.82, 2.24) is 0 Å². The molecule has 23 valence electrons. The molecule has 0 saturated heterocycles. The zero-order chi connectivity index (χ0) is 2.71. The monoisotopic (exact) mass is 116 g/mol. The van der Waals surface area contributed by atoms with Gasteiger partial charge >= 0.3 is 8.69 Å². The normalized spacial score (nSPS) is 5.25. The molecule has 1 unspecified atom stereocenters. The van der Waals surface area contributed by atoms with E-state index >= 15 is 0 Å². The maximum Gasteiger partial charge on any atom is 0.491 e. The van der Waals surface area contributed by atoms with Crippen molar-refractivity contribution in [1.29, 1.82) is 0 Å². The fraction of sp³-hybridized carbons (Fsp3) is 0. The minimum absolute atomic E-state index is 0. The Bertz CT molecular complexity index is 13.5. The fourth-order valence-electron chi connectivity index (χ4n) is 0. The summed E-state index contributed by atoms with van der Waals surface area (Å²) >= 11 is 0. The molecule has 1 N–H and O–H groups in total. The molecule has 4 heteroatoms. The number of hydrogen-bond acceptors (Lipinski definition) is 1. The van der Waals surface area contributed by atoms with Crippen LogP contribution in [-0.2, 0) is 23.1 Å². The second-order valence-corrected chi connectivity index (χ2v) is 0.274. The molecule has 2 nitrogen and oxygen atoms in total. The average molecular weight is 116 g/mol. The zero-order valence-electron chi connectivity index (χ0n) is 1.80. The van der Waals surface area contributed by atoms with Gasteiger partial charge in [-0.3, -0.25) is 0 Å². The quantitative estimate of drug-likeness (QED) is 0.449. The summed E-state index contributed by atoms with van der Waals surface area (Å²) in [6.45, 7) is 0. The Morgan fingerprint density at radius 2 is 1.75 bits per heavy atom. The molecule has 0 aliphatic heterocycles. The second-order valence-electron chi connectivity index (χ2n) is 0.0913. The van der Waals surface area contributed by atoms with Gasteiger partial charge in [-0.05, 0) is 4.57 Å². The summed E-state index contributed by atoms with van der Waals surface area (Å²) in [5, 5.41) is 0. The summed E-state index contributed by atoms with van der Waals surface area (Å²) < 4.78 is 8.51. The minimum atomic E-state index is -1.17. The van der Waals surface area contributed by atoms with Gasteiger partial charge in [0.2, 0.25) is 0 Å². The van der Waals surface area contributed by atoms with Gasteiger partial charge in [-0.2, -0.15) is 4.89 Å².